The molecule has 0 aromatic heterocycles. The van der Waals surface area contributed by atoms with Gasteiger partial charge in [-0.25, -0.2) is 18.4 Å². The molecule has 1 saturated carbocycles. The first-order valence-corrected chi connectivity index (χ1v) is 19.6. The fourth-order valence-corrected chi connectivity index (χ4v) is 7.08. The van der Waals surface area contributed by atoms with E-state index in [4.69, 9.17) is 14.2 Å². The van der Waals surface area contributed by atoms with Crippen LogP contribution in [-0.2, 0) is 31.9 Å². The molecule has 0 heterocycles. The predicted molar refractivity (Wildman–Crippen MR) is 213 cm³/mol. The van der Waals surface area contributed by atoms with Gasteiger partial charge in [-0.15, -0.1) is 0 Å². The molecule has 0 spiro atoms. The third kappa shape index (κ3) is 11.8. The lowest BCUT2D eigenvalue weighted by molar-refractivity contribution is -0.139. The Bertz CT molecular complexity index is 1740. The van der Waals surface area contributed by atoms with Crippen LogP contribution in [0.15, 0.2) is 72.8 Å². The molecule has 9 heteroatoms. The van der Waals surface area contributed by atoms with Crippen molar-refractivity contribution >= 4 is 11.9 Å². The van der Waals surface area contributed by atoms with Crippen LogP contribution in [0.5, 0.6) is 5.75 Å². The third-order valence-electron chi connectivity index (χ3n) is 11.0. The van der Waals surface area contributed by atoms with Gasteiger partial charge >= 0.3 is 11.9 Å². The van der Waals surface area contributed by atoms with Crippen molar-refractivity contribution in [2.45, 2.75) is 97.8 Å². The van der Waals surface area contributed by atoms with Crippen molar-refractivity contribution in [1.82, 2.24) is 0 Å². The molecule has 0 unspecified atom stereocenters. The number of esters is 2. The average molecular weight is 761 g/mol. The van der Waals surface area contributed by atoms with Crippen LogP contribution in [-0.4, -0.2) is 55.2 Å². The van der Waals surface area contributed by atoms with Gasteiger partial charge in [-0.1, -0.05) is 64.1 Å². The summed E-state index contributed by atoms with van der Waals surface area (Å²) in [5.41, 5.74) is 4.03. The number of halogens is 2. The zero-order chi connectivity index (χ0) is 40.1. The molecule has 1 aliphatic carbocycles. The maximum Gasteiger partial charge on any atom is 0.333 e. The summed E-state index contributed by atoms with van der Waals surface area (Å²) in [6.07, 6.45) is 7.01. The Morgan fingerprint density at radius 2 is 1.29 bits per heavy atom. The second-order valence-electron chi connectivity index (χ2n) is 15.3. The number of carbonyl (C=O) groups is 2. The van der Waals surface area contributed by atoms with Gasteiger partial charge in [0, 0.05) is 27.7 Å². The number of rotatable bonds is 20. The van der Waals surface area contributed by atoms with E-state index in [0.717, 1.165) is 42.4 Å². The molecular formula is C46H58F2O7. The lowest BCUT2D eigenvalue weighted by Crippen LogP contribution is -2.31. The minimum atomic E-state index is -0.715. The van der Waals surface area contributed by atoms with Gasteiger partial charge in [-0.05, 0) is 129 Å². The molecule has 7 nitrogen and oxygen atoms in total. The quantitative estimate of drug-likeness (QED) is 0.0672. The van der Waals surface area contributed by atoms with Crippen molar-refractivity contribution in [2.24, 2.45) is 11.3 Å². The highest BCUT2D eigenvalue weighted by molar-refractivity contribution is 5.87. The van der Waals surface area contributed by atoms with Gasteiger partial charge in [0.15, 0.2) is 0 Å². The number of hydrogen-bond donors (Lipinski definition) is 2. The number of aliphatic hydroxyl groups is 2. The highest BCUT2D eigenvalue weighted by Gasteiger charge is 2.27. The molecule has 1 fully saturated rings. The van der Waals surface area contributed by atoms with Crippen molar-refractivity contribution in [3.8, 4) is 28.0 Å². The molecular weight excluding hydrogens is 702 g/mol. The standard InChI is InChI=1S/C46H58F2O7/c1-7-46(28-49,29-50)20-23-53-43-36(10-8-21-54-44(51)30(2)3)24-38(25-37(43)11-9-22-55-45(52)31(4)5)40-19-17-35(27-42(40)48)39-18-16-34(26-41(39)47)33-14-12-32(6)13-15-33/h16-19,24-27,32-33,49-50H,2,4,7-15,20-23,28-29H2,1,3,5-6H3. The molecule has 0 bridgehead atoms. The number of hydrogen-bond acceptors (Lipinski definition) is 7. The summed E-state index contributed by atoms with van der Waals surface area (Å²) < 4.78 is 48.9. The van der Waals surface area contributed by atoms with Gasteiger partial charge in [0.25, 0.3) is 0 Å². The van der Waals surface area contributed by atoms with Crippen LogP contribution in [0.4, 0.5) is 8.78 Å². The normalized spacial score (nSPS) is 15.7. The number of benzene rings is 3. The van der Waals surface area contributed by atoms with E-state index in [1.165, 1.54) is 6.07 Å². The number of aliphatic hydroxyl groups excluding tert-OH is 2. The topological polar surface area (TPSA) is 102 Å². The van der Waals surface area contributed by atoms with Crippen molar-refractivity contribution in [3.63, 3.8) is 0 Å². The molecule has 0 saturated heterocycles. The van der Waals surface area contributed by atoms with Crippen LogP contribution < -0.4 is 4.74 Å². The molecule has 2 N–H and O–H groups in total. The molecule has 55 heavy (non-hydrogen) atoms. The largest absolute Gasteiger partial charge is 0.493 e. The number of ether oxygens (including phenoxy) is 3. The molecule has 1 aliphatic rings. The van der Waals surface area contributed by atoms with Gasteiger partial charge in [-0.2, -0.15) is 0 Å². The second-order valence-corrected chi connectivity index (χ2v) is 15.3. The molecule has 3 aromatic carbocycles. The van der Waals surface area contributed by atoms with Crippen LogP contribution in [0.3, 0.4) is 0 Å². The van der Waals surface area contributed by atoms with Crippen molar-refractivity contribution in [1.29, 1.82) is 0 Å². The highest BCUT2D eigenvalue weighted by Crippen LogP contribution is 2.39. The molecule has 298 valence electrons. The Morgan fingerprint density at radius 3 is 1.78 bits per heavy atom. The van der Waals surface area contributed by atoms with Crippen molar-refractivity contribution in [3.05, 3.63) is 101 Å². The Morgan fingerprint density at radius 1 is 0.764 bits per heavy atom. The molecule has 0 radical (unpaired) electrons. The van der Waals surface area contributed by atoms with Crippen LogP contribution >= 0.6 is 0 Å². The van der Waals surface area contributed by atoms with Crippen LogP contribution in [0, 0.1) is 23.0 Å². The lowest BCUT2D eigenvalue weighted by atomic mass is 9.79. The third-order valence-corrected chi connectivity index (χ3v) is 11.0. The van der Waals surface area contributed by atoms with Gasteiger partial charge in [-0.3, -0.25) is 0 Å². The van der Waals surface area contributed by atoms with E-state index >= 15 is 8.78 Å². The summed E-state index contributed by atoms with van der Waals surface area (Å²) in [4.78, 5) is 24.1. The average Bonchev–Trinajstić information content (AvgIpc) is 3.17. The lowest BCUT2D eigenvalue weighted by Gasteiger charge is -2.28. The van der Waals surface area contributed by atoms with E-state index in [-0.39, 0.29) is 38.9 Å². The molecule has 0 aliphatic heterocycles. The van der Waals surface area contributed by atoms with Gasteiger partial charge in [0.05, 0.1) is 33.0 Å². The number of carbonyl (C=O) groups excluding carboxylic acids is 2. The zero-order valence-electron chi connectivity index (χ0n) is 33.0. The van der Waals surface area contributed by atoms with Crippen LogP contribution in [0.1, 0.15) is 102 Å². The molecule has 0 atom stereocenters. The van der Waals surface area contributed by atoms with E-state index in [0.29, 0.717) is 89.5 Å². The zero-order valence-corrected chi connectivity index (χ0v) is 33.0. The maximum absolute atomic E-state index is 16.2. The minimum absolute atomic E-state index is 0.128. The Labute approximate surface area is 325 Å². The first-order valence-electron chi connectivity index (χ1n) is 19.6. The minimum Gasteiger partial charge on any atom is -0.493 e. The van der Waals surface area contributed by atoms with E-state index in [1.807, 2.05) is 25.1 Å². The van der Waals surface area contributed by atoms with E-state index in [1.54, 1.807) is 38.1 Å². The smallest absolute Gasteiger partial charge is 0.333 e. The summed E-state index contributed by atoms with van der Waals surface area (Å²) in [5.74, 6) is -0.272. The number of aryl methyl sites for hydroxylation is 2. The second kappa shape index (κ2) is 20.5. The van der Waals surface area contributed by atoms with Gasteiger partial charge < -0.3 is 24.4 Å². The predicted octanol–water partition coefficient (Wildman–Crippen LogP) is 9.85. The van der Waals surface area contributed by atoms with Gasteiger partial charge in [0.1, 0.15) is 17.4 Å². The molecule has 4 rings (SSSR count). The van der Waals surface area contributed by atoms with E-state index in [9.17, 15) is 19.8 Å². The summed E-state index contributed by atoms with van der Waals surface area (Å²) in [7, 11) is 0. The Balaban J connectivity index is 1.69. The summed E-state index contributed by atoms with van der Waals surface area (Å²) in [6, 6.07) is 13.8. The first kappa shape index (κ1) is 43.4. The SMILES string of the molecule is C=C(C)C(=O)OCCCc1cc(-c2ccc(-c3ccc(C4CCC(C)CC4)cc3F)cc2F)cc(CCCOC(=O)C(=C)C)c1OCCC(CC)(CO)CO. The highest BCUT2D eigenvalue weighted by atomic mass is 19.1. The summed E-state index contributed by atoms with van der Waals surface area (Å²) in [5, 5.41) is 20.1. The van der Waals surface area contributed by atoms with E-state index in [2.05, 4.69) is 20.1 Å². The fourth-order valence-electron chi connectivity index (χ4n) is 7.08. The Hall–Kier alpha value is -4.34. The monoisotopic (exact) mass is 760 g/mol. The molecule has 3 aromatic rings. The summed E-state index contributed by atoms with van der Waals surface area (Å²) in [6.45, 7) is 14.6. The van der Waals surface area contributed by atoms with Gasteiger partial charge in [0.2, 0.25) is 0 Å². The van der Waals surface area contributed by atoms with Crippen molar-refractivity contribution < 1.29 is 42.8 Å². The van der Waals surface area contributed by atoms with Crippen LogP contribution in [0.2, 0.25) is 0 Å². The van der Waals surface area contributed by atoms with Crippen LogP contribution in [0.25, 0.3) is 22.3 Å². The first-order chi connectivity index (χ1) is 26.3. The summed E-state index contributed by atoms with van der Waals surface area (Å²) >= 11 is 0. The Kier molecular flexibility index (Phi) is 16.2. The maximum atomic E-state index is 16.2. The van der Waals surface area contributed by atoms with Crippen molar-refractivity contribution in [2.75, 3.05) is 33.0 Å². The fraction of sp³-hybridized carbons (Fsp3) is 0.478. The van der Waals surface area contributed by atoms with E-state index < -0.39 is 23.2 Å². The molecule has 0 amide bonds.